The van der Waals surface area contributed by atoms with E-state index in [-0.39, 0.29) is 0 Å². The van der Waals surface area contributed by atoms with Crippen LogP contribution in [0, 0.1) is 5.92 Å². The number of piperidine rings is 1. The molecule has 2 fully saturated rings. The molecule has 0 amide bonds. The monoisotopic (exact) mass is 278 g/mol. The van der Waals surface area contributed by atoms with Crippen LogP contribution in [0.25, 0.3) is 0 Å². The van der Waals surface area contributed by atoms with Crippen molar-refractivity contribution in [1.82, 2.24) is 5.32 Å². The lowest BCUT2D eigenvalue weighted by atomic mass is 9.91. The topological polar surface area (TPSA) is 15.3 Å². The molecule has 1 aromatic carbocycles. The van der Waals surface area contributed by atoms with E-state index in [1.54, 1.807) is 0 Å². The van der Waals surface area contributed by atoms with Crippen molar-refractivity contribution in [3.63, 3.8) is 0 Å². The maximum Gasteiger partial charge on any atom is 0.0471 e. The molecule has 1 N–H and O–H groups in total. The van der Waals surface area contributed by atoms with E-state index in [1.165, 1.54) is 49.9 Å². The molecule has 2 atom stereocenters. The van der Waals surface area contributed by atoms with Crippen molar-refractivity contribution in [2.45, 2.75) is 44.7 Å². The van der Waals surface area contributed by atoms with Gasteiger partial charge in [0.05, 0.1) is 0 Å². The number of anilines is 1. The van der Waals surface area contributed by atoms with E-state index in [4.69, 9.17) is 11.6 Å². The average Bonchev–Trinajstić information content (AvgIpc) is 2.89. The van der Waals surface area contributed by atoms with Gasteiger partial charge in [-0.1, -0.05) is 24.1 Å². The van der Waals surface area contributed by atoms with Gasteiger partial charge in [0.1, 0.15) is 0 Å². The van der Waals surface area contributed by atoms with Gasteiger partial charge >= 0.3 is 0 Å². The normalized spacial score (nSPS) is 26.5. The molecule has 0 bridgehead atoms. The molecule has 19 heavy (non-hydrogen) atoms. The van der Waals surface area contributed by atoms with Gasteiger partial charge in [0, 0.05) is 35.4 Å². The predicted octanol–water partition coefficient (Wildman–Crippen LogP) is 3.83. The van der Waals surface area contributed by atoms with Crippen LogP contribution in [0.15, 0.2) is 18.2 Å². The van der Waals surface area contributed by atoms with Crippen LogP contribution in [0.1, 0.15) is 37.7 Å². The smallest absolute Gasteiger partial charge is 0.0471 e. The fraction of sp³-hybridized carbons (Fsp3) is 0.625. The van der Waals surface area contributed by atoms with E-state index in [1.807, 2.05) is 13.1 Å². The quantitative estimate of drug-likeness (QED) is 0.904. The molecule has 0 aromatic heterocycles. The van der Waals surface area contributed by atoms with Crippen LogP contribution in [0.4, 0.5) is 5.69 Å². The average molecular weight is 279 g/mol. The van der Waals surface area contributed by atoms with Gasteiger partial charge in [-0.15, -0.1) is 0 Å². The Bertz CT molecular complexity index is 446. The van der Waals surface area contributed by atoms with Crippen LogP contribution in [0.3, 0.4) is 0 Å². The molecule has 3 rings (SSSR count). The van der Waals surface area contributed by atoms with Gasteiger partial charge in [0.2, 0.25) is 0 Å². The largest absolute Gasteiger partial charge is 0.368 e. The van der Waals surface area contributed by atoms with Crippen molar-refractivity contribution in [3.8, 4) is 0 Å². The fourth-order valence-corrected chi connectivity index (χ4v) is 4.16. The van der Waals surface area contributed by atoms with Gasteiger partial charge < -0.3 is 10.2 Å². The molecule has 0 radical (unpaired) electrons. The first kappa shape index (κ1) is 13.3. The van der Waals surface area contributed by atoms with Crippen molar-refractivity contribution in [3.05, 3.63) is 28.8 Å². The summed E-state index contributed by atoms with van der Waals surface area (Å²) < 4.78 is 0. The number of fused-ring (bicyclic) bond motifs is 1. The van der Waals surface area contributed by atoms with Gasteiger partial charge in [-0.05, 0) is 50.8 Å². The van der Waals surface area contributed by atoms with Gasteiger partial charge in [-0.2, -0.15) is 0 Å². The molecule has 1 aromatic rings. The predicted molar refractivity (Wildman–Crippen MR) is 81.9 cm³/mol. The van der Waals surface area contributed by atoms with E-state index in [0.717, 1.165) is 23.5 Å². The summed E-state index contributed by atoms with van der Waals surface area (Å²) in [7, 11) is 1.99. The van der Waals surface area contributed by atoms with Crippen LogP contribution in [0.2, 0.25) is 5.02 Å². The third kappa shape index (κ3) is 2.48. The lowest BCUT2D eigenvalue weighted by Crippen LogP contribution is -2.43. The van der Waals surface area contributed by atoms with Crippen LogP contribution >= 0.6 is 11.6 Å². The van der Waals surface area contributed by atoms with Crippen molar-refractivity contribution in [2.24, 2.45) is 5.92 Å². The number of benzene rings is 1. The zero-order valence-electron chi connectivity index (χ0n) is 11.7. The second-order valence-electron chi connectivity index (χ2n) is 5.86. The molecule has 2 nitrogen and oxygen atoms in total. The molecule has 0 spiro atoms. The van der Waals surface area contributed by atoms with Crippen LogP contribution in [-0.4, -0.2) is 19.6 Å². The Hall–Kier alpha value is -0.730. The second-order valence-corrected chi connectivity index (χ2v) is 6.27. The highest BCUT2D eigenvalue weighted by atomic mass is 35.5. The Kier molecular flexibility index (Phi) is 3.99. The van der Waals surface area contributed by atoms with E-state index < -0.39 is 0 Å². The lowest BCUT2D eigenvalue weighted by molar-refractivity contribution is 0.362. The Morgan fingerprint density at radius 2 is 2.11 bits per heavy atom. The van der Waals surface area contributed by atoms with Gasteiger partial charge in [0.15, 0.2) is 0 Å². The Labute approximate surface area is 121 Å². The molecule has 1 saturated heterocycles. The molecule has 2 unspecified atom stereocenters. The third-order valence-corrected chi connectivity index (χ3v) is 5.10. The molecule has 1 heterocycles. The molecule has 1 aliphatic carbocycles. The summed E-state index contributed by atoms with van der Waals surface area (Å²) in [4.78, 5) is 2.64. The van der Waals surface area contributed by atoms with Crippen LogP contribution in [0.5, 0.6) is 0 Å². The van der Waals surface area contributed by atoms with E-state index >= 15 is 0 Å². The Morgan fingerprint density at radius 3 is 2.95 bits per heavy atom. The molecule has 1 aliphatic heterocycles. The van der Waals surface area contributed by atoms with Crippen molar-refractivity contribution in [1.29, 1.82) is 0 Å². The third-order valence-electron chi connectivity index (χ3n) is 4.75. The van der Waals surface area contributed by atoms with Crippen molar-refractivity contribution >= 4 is 17.3 Å². The summed E-state index contributed by atoms with van der Waals surface area (Å²) in [5.74, 6) is 0.912. The number of hydrogen-bond donors (Lipinski definition) is 1. The first-order chi connectivity index (χ1) is 9.31. The first-order valence-electron chi connectivity index (χ1n) is 7.50. The zero-order chi connectivity index (χ0) is 13.2. The zero-order valence-corrected chi connectivity index (χ0v) is 12.4. The highest BCUT2D eigenvalue weighted by molar-refractivity contribution is 6.31. The molecular weight excluding hydrogens is 256 g/mol. The van der Waals surface area contributed by atoms with Crippen LogP contribution < -0.4 is 10.2 Å². The Morgan fingerprint density at radius 1 is 1.26 bits per heavy atom. The summed E-state index contributed by atoms with van der Waals surface area (Å²) in [6.07, 6.45) is 6.92. The number of nitrogens with zero attached hydrogens (tertiary/aromatic N) is 1. The molecule has 2 aliphatic rings. The molecule has 3 heteroatoms. The summed E-state index contributed by atoms with van der Waals surface area (Å²) in [5.41, 5.74) is 2.62. The Balaban J connectivity index is 1.94. The molecular formula is C16H23ClN2. The molecule has 1 saturated carbocycles. The number of hydrogen-bond acceptors (Lipinski definition) is 2. The summed E-state index contributed by atoms with van der Waals surface area (Å²) >= 11 is 6.40. The molecule has 104 valence electrons. The summed E-state index contributed by atoms with van der Waals surface area (Å²) in [6.45, 7) is 2.04. The van der Waals surface area contributed by atoms with E-state index in [0.29, 0.717) is 0 Å². The van der Waals surface area contributed by atoms with Gasteiger partial charge in [-0.25, -0.2) is 0 Å². The number of rotatable bonds is 3. The maximum atomic E-state index is 6.40. The van der Waals surface area contributed by atoms with E-state index in [2.05, 4.69) is 22.3 Å². The van der Waals surface area contributed by atoms with Crippen molar-refractivity contribution < 1.29 is 0 Å². The number of nitrogens with one attached hydrogen (secondary N) is 1. The first-order valence-corrected chi connectivity index (χ1v) is 7.87. The van der Waals surface area contributed by atoms with Crippen LogP contribution in [-0.2, 0) is 6.54 Å². The van der Waals surface area contributed by atoms with Gasteiger partial charge in [0.25, 0.3) is 0 Å². The minimum Gasteiger partial charge on any atom is -0.368 e. The van der Waals surface area contributed by atoms with E-state index in [9.17, 15) is 0 Å². The standard InChI is InChI=1S/C16H23ClN2/c1-18-11-13-14(17)7-3-9-16(13)19-10-4-6-12-5-2-8-15(12)19/h3,7,9,12,15,18H,2,4-6,8,10-11H2,1H3. The summed E-state index contributed by atoms with van der Waals surface area (Å²) in [5, 5.41) is 4.15. The highest BCUT2D eigenvalue weighted by Gasteiger charge is 2.35. The minimum absolute atomic E-state index is 0.753. The maximum absolute atomic E-state index is 6.40. The minimum atomic E-state index is 0.753. The van der Waals surface area contributed by atoms with Gasteiger partial charge in [-0.3, -0.25) is 0 Å². The number of halogens is 1. The fourth-order valence-electron chi connectivity index (χ4n) is 3.92. The summed E-state index contributed by atoms with van der Waals surface area (Å²) in [6, 6.07) is 7.10. The van der Waals surface area contributed by atoms with Crippen molar-refractivity contribution in [2.75, 3.05) is 18.5 Å². The SMILES string of the molecule is CNCc1c(Cl)cccc1N1CCCC2CCCC21. The lowest BCUT2D eigenvalue weighted by Gasteiger charge is -2.40. The highest BCUT2D eigenvalue weighted by Crippen LogP contribution is 2.41. The second kappa shape index (κ2) is 5.72.